The van der Waals surface area contributed by atoms with Gasteiger partial charge in [-0.05, 0) is 44.1 Å². The van der Waals surface area contributed by atoms with Gasteiger partial charge in [-0.2, -0.15) is 12.6 Å². The van der Waals surface area contributed by atoms with Crippen molar-refractivity contribution in [2.45, 2.75) is 52.4 Å². The Morgan fingerprint density at radius 2 is 1.79 bits per heavy atom. The minimum atomic E-state index is 0.289. The Kier molecular flexibility index (Phi) is 5.20. The normalized spacial score (nSPS) is 18.9. The molecule has 0 radical (unpaired) electrons. The second-order valence-electron chi connectivity index (χ2n) is 6.13. The predicted octanol–water partition coefficient (Wildman–Crippen LogP) is 4.95. The minimum Gasteiger partial charge on any atom is -0.493 e. The van der Waals surface area contributed by atoms with E-state index in [4.69, 9.17) is 4.74 Å². The highest BCUT2D eigenvalue weighted by Crippen LogP contribution is 2.37. The first-order valence-electron chi connectivity index (χ1n) is 7.46. The highest BCUT2D eigenvalue weighted by molar-refractivity contribution is 7.80. The maximum absolute atomic E-state index is 6.13. The molecule has 1 aliphatic carbocycles. The SMILES string of the molecule is Cc1ccc(OCC2(CS)CCCCCC2)c(C)c1. The molecule has 0 heterocycles. The number of benzene rings is 1. The van der Waals surface area contributed by atoms with Crippen molar-refractivity contribution < 1.29 is 4.74 Å². The van der Waals surface area contributed by atoms with Gasteiger partial charge in [0, 0.05) is 5.41 Å². The van der Waals surface area contributed by atoms with Crippen LogP contribution in [0.1, 0.15) is 49.7 Å². The molecule has 0 N–H and O–H groups in total. The van der Waals surface area contributed by atoms with Crippen LogP contribution in [-0.4, -0.2) is 12.4 Å². The van der Waals surface area contributed by atoms with Gasteiger partial charge in [0.15, 0.2) is 0 Å². The van der Waals surface area contributed by atoms with Crippen LogP contribution in [0.3, 0.4) is 0 Å². The van der Waals surface area contributed by atoms with E-state index in [2.05, 4.69) is 44.7 Å². The van der Waals surface area contributed by atoms with E-state index >= 15 is 0 Å². The summed E-state index contributed by atoms with van der Waals surface area (Å²) in [6.45, 7) is 5.07. The van der Waals surface area contributed by atoms with Crippen LogP contribution in [0, 0.1) is 19.3 Å². The van der Waals surface area contributed by atoms with Crippen molar-refractivity contribution in [3.63, 3.8) is 0 Å². The average molecular weight is 278 g/mol. The van der Waals surface area contributed by atoms with Crippen molar-refractivity contribution in [3.8, 4) is 5.75 Å². The molecule has 0 unspecified atom stereocenters. The quantitative estimate of drug-likeness (QED) is 0.605. The molecule has 1 fully saturated rings. The predicted molar refractivity (Wildman–Crippen MR) is 85.4 cm³/mol. The number of ether oxygens (including phenoxy) is 1. The highest BCUT2D eigenvalue weighted by Gasteiger charge is 2.30. The first-order valence-corrected chi connectivity index (χ1v) is 8.09. The molecule has 0 saturated heterocycles. The monoisotopic (exact) mass is 278 g/mol. The zero-order valence-corrected chi connectivity index (χ0v) is 13.1. The van der Waals surface area contributed by atoms with E-state index in [1.807, 2.05) is 0 Å². The molecule has 106 valence electrons. The maximum Gasteiger partial charge on any atom is 0.122 e. The Bertz CT molecular complexity index is 406. The van der Waals surface area contributed by atoms with Crippen LogP contribution >= 0.6 is 12.6 Å². The van der Waals surface area contributed by atoms with Crippen molar-refractivity contribution in [2.75, 3.05) is 12.4 Å². The fourth-order valence-corrected chi connectivity index (χ4v) is 3.43. The van der Waals surface area contributed by atoms with Crippen LogP contribution in [-0.2, 0) is 0 Å². The molecule has 0 aromatic heterocycles. The molecule has 0 atom stereocenters. The van der Waals surface area contributed by atoms with E-state index in [0.29, 0.717) is 0 Å². The molecule has 1 aliphatic rings. The van der Waals surface area contributed by atoms with Crippen molar-refractivity contribution in [1.29, 1.82) is 0 Å². The molecule has 1 saturated carbocycles. The first kappa shape index (κ1) is 14.8. The van der Waals surface area contributed by atoms with Gasteiger partial charge >= 0.3 is 0 Å². The van der Waals surface area contributed by atoms with Crippen molar-refractivity contribution in [3.05, 3.63) is 29.3 Å². The Morgan fingerprint density at radius 3 is 2.37 bits per heavy atom. The van der Waals surface area contributed by atoms with Gasteiger partial charge in [-0.3, -0.25) is 0 Å². The third kappa shape index (κ3) is 3.92. The summed E-state index contributed by atoms with van der Waals surface area (Å²) >= 11 is 4.61. The Morgan fingerprint density at radius 1 is 1.11 bits per heavy atom. The maximum atomic E-state index is 6.13. The number of rotatable bonds is 4. The van der Waals surface area contributed by atoms with Gasteiger partial charge in [0.05, 0.1) is 6.61 Å². The van der Waals surface area contributed by atoms with Gasteiger partial charge in [0.25, 0.3) is 0 Å². The van der Waals surface area contributed by atoms with E-state index in [1.54, 1.807) is 0 Å². The lowest BCUT2D eigenvalue weighted by atomic mass is 9.83. The lowest BCUT2D eigenvalue weighted by molar-refractivity contribution is 0.147. The summed E-state index contributed by atoms with van der Waals surface area (Å²) in [4.78, 5) is 0. The van der Waals surface area contributed by atoms with Gasteiger partial charge in [0.2, 0.25) is 0 Å². The molecule has 19 heavy (non-hydrogen) atoms. The van der Waals surface area contributed by atoms with Crippen molar-refractivity contribution in [1.82, 2.24) is 0 Å². The molecule has 2 heteroatoms. The fourth-order valence-electron chi connectivity index (χ4n) is 3.02. The van der Waals surface area contributed by atoms with Crippen LogP contribution < -0.4 is 4.74 Å². The molecule has 0 spiro atoms. The number of aryl methyl sites for hydroxylation is 2. The van der Waals surface area contributed by atoms with E-state index in [9.17, 15) is 0 Å². The molecule has 0 aliphatic heterocycles. The lowest BCUT2D eigenvalue weighted by Crippen LogP contribution is -2.30. The molecular weight excluding hydrogens is 252 g/mol. The lowest BCUT2D eigenvalue weighted by Gasteiger charge is -2.31. The number of hydrogen-bond acceptors (Lipinski definition) is 2. The second kappa shape index (κ2) is 6.69. The Hall–Kier alpha value is -0.630. The zero-order valence-electron chi connectivity index (χ0n) is 12.2. The van der Waals surface area contributed by atoms with E-state index < -0.39 is 0 Å². The first-order chi connectivity index (χ1) is 9.15. The third-order valence-electron chi connectivity index (χ3n) is 4.36. The van der Waals surface area contributed by atoms with E-state index in [1.165, 1.54) is 49.7 Å². The molecule has 0 bridgehead atoms. The fraction of sp³-hybridized carbons (Fsp3) is 0.647. The van der Waals surface area contributed by atoms with Crippen LogP contribution in [0.25, 0.3) is 0 Å². The van der Waals surface area contributed by atoms with Crippen LogP contribution in [0.15, 0.2) is 18.2 Å². The second-order valence-corrected chi connectivity index (χ2v) is 6.45. The zero-order chi connectivity index (χ0) is 13.7. The molecule has 1 aromatic rings. The number of thiol groups is 1. The van der Waals surface area contributed by atoms with Gasteiger partial charge in [0.1, 0.15) is 5.75 Å². The number of hydrogen-bond donors (Lipinski definition) is 1. The molecule has 0 amide bonds. The summed E-state index contributed by atoms with van der Waals surface area (Å²) in [5, 5.41) is 0. The average Bonchev–Trinajstić information content (AvgIpc) is 2.64. The highest BCUT2D eigenvalue weighted by atomic mass is 32.1. The summed E-state index contributed by atoms with van der Waals surface area (Å²) in [7, 11) is 0. The van der Waals surface area contributed by atoms with Gasteiger partial charge in [-0.1, -0.05) is 43.4 Å². The summed E-state index contributed by atoms with van der Waals surface area (Å²) in [5.41, 5.74) is 2.82. The van der Waals surface area contributed by atoms with E-state index in [0.717, 1.165) is 18.1 Å². The largest absolute Gasteiger partial charge is 0.493 e. The van der Waals surface area contributed by atoms with E-state index in [-0.39, 0.29) is 5.41 Å². The Balaban J connectivity index is 2.02. The topological polar surface area (TPSA) is 9.23 Å². The molecular formula is C17H26OS. The molecule has 1 aromatic carbocycles. The van der Waals surface area contributed by atoms with Crippen LogP contribution in [0.5, 0.6) is 5.75 Å². The van der Waals surface area contributed by atoms with Crippen molar-refractivity contribution >= 4 is 12.6 Å². The van der Waals surface area contributed by atoms with Crippen LogP contribution in [0.4, 0.5) is 0 Å². The van der Waals surface area contributed by atoms with Gasteiger partial charge in [-0.15, -0.1) is 0 Å². The van der Waals surface area contributed by atoms with Crippen molar-refractivity contribution in [2.24, 2.45) is 5.41 Å². The third-order valence-corrected chi connectivity index (χ3v) is 5.03. The standard InChI is InChI=1S/C17H26OS/c1-14-7-8-16(15(2)11-14)18-12-17(13-19)9-5-3-4-6-10-17/h7-8,11,19H,3-6,9-10,12-13H2,1-2H3. The molecule has 2 rings (SSSR count). The Labute approximate surface area is 123 Å². The molecule has 1 nitrogen and oxygen atoms in total. The summed E-state index contributed by atoms with van der Waals surface area (Å²) in [6, 6.07) is 6.42. The van der Waals surface area contributed by atoms with Crippen LogP contribution in [0.2, 0.25) is 0 Å². The summed E-state index contributed by atoms with van der Waals surface area (Å²) in [6.07, 6.45) is 7.94. The van der Waals surface area contributed by atoms with Gasteiger partial charge < -0.3 is 4.74 Å². The van der Waals surface area contributed by atoms with Gasteiger partial charge in [-0.25, -0.2) is 0 Å². The minimum absolute atomic E-state index is 0.289. The summed E-state index contributed by atoms with van der Waals surface area (Å²) < 4.78 is 6.13. The smallest absolute Gasteiger partial charge is 0.122 e. The summed E-state index contributed by atoms with van der Waals surface area (Å²) in [5.74, 6) is 1.98.